The van der Waals surface area contributed by atoms with Crippen LogP contribution in [-0.2, 0) is 14.4 Å². The Morgan fingerprint density at radius 2 is 1.71 bits per heavy atom. The lowest BCUT2D eigenvalue weighted by molar-refractivity contribution is -0.387. The van der Waals surface area contributed by atoms with Gasteiger partial charge in [-0.05, 0) is 77.7 Å². The van der Waals surface area contributed by atoms with Gasteiger partial charge in [-0.25, -0.2) is 9.69 Å². The highest BCUT2D eigenvalue weighted by Crippen LogP contribution is 2.32. The maximum Gasteiger partial charge on any atom is 0.335 e. The van der Waals surface area contributed by atoms with E-state index in [9.17, 15) is 29.3 Å². The quantitative estimate of drug-likeness (QED) is 0.0931. The summed E-state index contributed by atoms with van der Waals surface area (Å²) in [4.78, 5) is 63.3. The van der Waals surface area contributed by atoms with E-state index >= 15 is 0 Å². The number of aryl methyl sites for hydroxylation is 2. The molecule has 1 saturated heterocycles. The molecule has 210 valence electrons. The van der Waals surface area contributed by atoms with Gasteiger partial charge >= 0.3 is 6.03 Å². The van der Waals surface area contributed by atoms with Crippen molar-refractivity contribution in [3.63, 3.8) is 0 Å². The largest absolute Gasteiger partial charge is 0.335 e. The molecular weight excluding hydrogens is 556 g/mol. The van der Waals surface area contributed by atoms with Crippen molar-refractivity contribution in [2.75, 3.05) is 16.0 Å². The first-order valence-electron chi connectivity index (χ1n) is 12.8. The van der Waals surface area contributed by atoms with Gasteiger partial charge in [0.2, 0.25) is 5.91 Å². The molecule has 4 aromatic rings. The maximum atomic E-state index is 13.2. The van der Waals surface area contributed by atoms with Crippen LogP contribution in [0.5, 0.6) is 0 Å². The molecule has 0 aromatic heterocycles. The second kappa shape index (κ2) is 11.7. The molecule has 1 fully saturated rings. The molecule has 42 heavy (non-hydrogen) atoms. The molecule has 0 unspecified atom stereocenters. The zero-order chi connectivity index (χ0) is 30.0. The number of hydrogen-bond acceptors (Lipinski definition) is 7. The number of thioether (sulfide) groups is 1. The number of barbiturate groups is 1. The number of imide groups is 2. The fourth-order valence-corrected chi connectivity index (χ4v) is 5.22. The molecular formula is C31H24N4O6S. The van der Waals surface area contributed by atoms with Gasteiger partial charge in [0.1, 0.15) is 5.57 Å². The molecule has 11 heteroatoms. The lowest BCUT2D eigenvalue weighted by Crippen LogP contribution is -2.54. The lowest BCUT2D eigenvalue weighted by Gasteiger charge is -2.26. The summed E-state index contributed by atoms with van der Waals surface area (Å²) in [5.74, 6) is -2.17. The minimum absolute atomic E-state index is 0.0813. The highest BCUT2D eigenvalue weighted by Gasteiger charge is 2.37. The first-order valence-corrected chi connectivity index (χ1v) is 13.8. The SMILES string of the molecule is Cc1ccc(N2C(=O)NC(=O)/C(=C\c3ccc(SCC(=O)Nc4ccc5ccccc5c4)c([N+](=O)[O-])c3)C2=O)cc1C. The van der Waals surface area contributed by atoms with Crippen molar-refractivity contribution in [2.45, 2.75) is 18.7 Å². The average Bonchev–Trinajstić information content (AvgIpc) is 2.96. The number of nitrogens with zero attached hydrogens (tertiary/aromatic N) is 2. The third kappa shape index (κ3) is 5.91. The molecule has 2 N–H and O–H groups in total. The van der Waals surface area contributed by atoms with E-state index in [4.69, 9.17) is 0 Å². The predicted octanol–water partition coefficient (Wildman–Crippen LogP) is 5.76. The number of benzene rings is 4. The molecule has 1 heterocycles. The van der Waals surface area contributed by atoms with Crippen LogP contribution in [0.2, 0.25) is 0 Å². The Morgan fingerprint density at radius 1 is 0.952 bits per heavy atom. The summed E-state index contributed by atoms with van der Waals surface area (Å²) in [7, 11) is 0. The molecule has 0 atom stereocenters. The van der Waals surface area contributed by atoms with Gasteiger partial charge in [-0.2, -0.15) is 0 Å². The summed E-state index contributed by atoms with van der Waals surface area (Å²) < 4.78 is 0. The van der Waals surface area contributed by atoms with E-state index in [2.05, 4.69) is 10.6 Å². The molecule has 5 amide bonds. The molecule has 0 aliphatic carbocycles. The number of nitro groups is 1. The smallest absolute Gasteiger partial charge is 0.325 e. The summed E-state index contributed by atoms with van der Waals surface area (Å²) in [6, 6.07) is 21.6. The van der Waals surface area contributed by atoms with Crippen LogP contribution < -0.4 is 15.5 Å². The maximum absolute atomic E-state index is 13.2. The highest BCUT2D eigenvalue weighted by atomic mass is 32.2. The monoisotopic (exact) mass is 580 g/mol. The van der Waals surface area contributed by atoms with Gasteiger partial charge in [0.25, 0.3) is 17.5 Å². The van der Waals surface area contributed by atoms with Crippen molar-refractivity contribution in [1.82, 2.24) is 5.32 Å². The van der Waals surface area contributed by atoms with E-state index in [1.807, 2.05) is 50.2 Å². The fourth-order valence-electron chi connectivity index (χ4n) is 4.42. The number of anilines is 2. The topological polar surface area (TPSA) is 139 Å². The number of amides is 5. The van der Waals surface area contributed by atoms with Crippen LogP contribution in [-0.4, -0.2) is 34.4 Å². The van der Waals surface area contributed by atoms with Gasteiger partial charge in [0, 0.05) is 11.8 Å². The summed E-state index contributed by atoms with van der Waals surface area (Å²) in [5.41, 5.74) is 2.28. The van der Waals surface area contributed by atoms with Crippen molar-refractivity contribution in [1.29, 1.82) is 0 Å². The van der Waals surface area contributed by atoms with E-state index in [0.717, 1.165) is 38.6 Å². The number of carbonyl (C=O) groups excluding carboxylic acids is 4. The van der Waals surface area contributed by atoms with Crippen LogP contribution in [0.25, 0.3) is 16.8 Å². The number of urea groups is 1. The van der Waals surface area contributed by atoms with Gasteiger partial charge in [-0.1, -0.05) is 42.5 Å². The molecule has 1 aliphatic heterocycles. The number of hydrogen-bond donors (Lipinski definition) is 2. The first-order chi connectivity index (χ1) is 20.1. The molecule has 1 aliphatic rings. The molecule has 0 bridgehead atoms. The van der Waals surface area contributed by atoms with Gasteiger partial charge in [-0.3, -0.25) is 29.8 Å². The van der Waals surface area contributed by atoms with Gasteiger partial charge in [0.05, 0.1) is 21.3 Å². The van der Waals surface area contributed by atoms with Crippen molar-refractivity contribution in [2.24, 2.45) is 0 Å². The van der Waals surface area contributed by atoms with Gasteiger partial charge in [-0.15, -0.1) is 11.8 Å². The number of carbonyl (C=O) groups is 4. The van der Waals surface area contributed by atoms with Crippen molar-refractivity contribution in [3.8, 4) is 0 Å². The predicted molar refractivity (Wildman–Crippen MR) is 161 cm³/mol. The number of fused-ring (bicyclic) bond motifs is 1. The Bertz CT molecular complexity index is 1830. The molecule has 0 spiro atoms. The minimum Gasteiger partial charge on any atom is -0.325 e. The lowest BCUT2D eigenvalue weighted by atomic mass is 10.0. The second-order valence-corrected chi connectivity index (χ2v) is 10.6. The molecule has 10 nitrogen and oxygen atoms in total. The first kappa shape index (κ1) is 28.2. The van der Waals surface area contributed by atoms with Crippen LogP contribution in [0.15, 0.2) is 89.3 Å². The Morgan fingerprint density at radius 3 is 2.45 bits per heavy atom. The van der Waals surface area contributed by atoms with Crippen LogP contribution in [0.3, 0.4) is 0 Å². The Balaban J connectivity index is 1.34. The molecule has 5 rings (SSSR count). The van der Waals surface area contributed by atoms with Crippen molar-refractivity contribution < 1.29 is 24.1 Å². The van der Waals surface area contributed by atoms with E-state index in [1.54, 1.807) is 24.3 Å². The van der Waals surface area contributed by atoms with Crippen LogP contribution >= 0.6 is 11.8 Å². The molecule has 0 radical (unpaired) electrons. The highest BCUT2D eigenvalue weighted by molar-refractivity contribution is 8.00. The summed E-state index contributed by atoms with van der Waals surface area (Å²) in [6.07, 6.45) is 1.20. The van der Waals surface area contributed by atoms with Gasteiger partial charge < -0.3 is 5.32 Å². The second-order valence-electron chi connectivity index (χ2n) is 9.61. The normalized spacial score (nSPS) is 14.3. The van der Waals surface area contributed by atoms with Crippen molar-refractivity contribution >= 4 is 69.4 Å². The fraction of sp³-hybridized carbons (Fsp3) is 0.0968. The number of rotatable bonds is 7. The standard InChI is InChI=1S/C31H24N4O6S/c1-18-7-11-24(13-19(18)2)34-30(38)25(29(37)33-31(34)39)14-20-8-12-27(26(15-20)35(40)41)42-17-28(36)32-23-10-9-21-5-3-4-6-22(21)16-23/h3-16H,17H2,1-2H3,(H,32,36)(H,33,37,39)/b25-14+. The summed E-state index contributed by atoms with van der Waals surface area (Å²) >= 11 is 0.989. The third-order valence-electron chi connectivity index (χ3n) is 6.73. The van der Waals surface area contributed by atoms with E-state index in [-0.39, 0.29) is 33.4 Å². The van der Waals surface area contributed by atoms with Crippen molar-refractivity contribution in [3.05, 3.63) is 111 Å². The minimum atomic E-state index is -0.906. The number of nitro benzene ring substituents is 1. The zero-order valence-corrected chi connectivity index (χ0v) is 23.4. The van der Waals surface area contributed by atoms with Crippen LogP contribution in [0, 0.1) is 24.0 Å². The van der Waals surface area contributed by atoms with E-state index < -0.39 is 22.8 Å². The van der Waals surface area contributed by atoms with Crippen LogP contribution in [0.4, 0.5) is 21.9 Å². The average molecular weight is 581 g/mol. The molecule has 0 saturated carbocycles. The zero-order valence-electron chi connectivity index (χ0n) is 22.5. The van der Waals surface area contributed by atoms with Gasteiger partial charge in [0.15, 0.2) is 0 Å². The van der Waals surface area contributed by atoms with E-state index in [1.165, 1.54) is 24.3 Å². The Labute approximate surface area is 244 Å². The molecule has 4 aromatic carbocycles. The Hall–Kier alpha value is -5.29. The summed E-state index contributed by atoms with van der Waals surface area (Å²) in [6.45, 7) is 3.72. The van der Waals surface area contributed by atoms with E-state index in [0.29, 0.717) is 11.4 Å². The summed E-state index contributed by atoms with van der Waals surface area (Å²) in [5, 5.41) is 18.8. The van der Waals surface area contributed by atoms with Crippen LogP contribution in [0.1, 0.15) is 16.7 Å². The number of nitrogens with one attached hydrogen (secondary N) is 2. The third-order valence-corrected chi connectivity index (χ3v) is 7.80. The Kier molecular flexibility index (Phi) is 7.85.